The molecule has 1 saturated heterocycles. The summed E-state index contributed by atoms with van der Waals surface area (Å²) in [6.45, 7) is 5.04. The van der Waals surface area contributed by atoms with Crippen molar-refractivity contribution in [3.8, 4) is 0 Å². The lowest BCUT2D eigenvalue weighted by molar-refractivity contribution is -0.116. The zero-order valence-corrected chi connectivity index (χ0v) is 7.39. The van der Waals surface area contributed by atoms with E-state index in [-0.39, 0.29) is 11.2 Å². The van der Waals surface area contributed by atoms with Crippen LogP contribution < -0.4 is 5.73 Å². The molecule has 0 aromatic rings. The van der Waals surface area contributed by atoms with Crippen LogP contribution >= 0.6 is 0 Å². The first-order valence-electron chi connectivity index (χ1n) is 4.48. The Hall–Kier alpha value is -0.0800. The highest BCUT2D eigenvalue weighted by molar-refractivity contribution is 5.04. The van der Waals surface area contributed by atoms with E-state index < -0.39 is 0 Å². The van der Waals surface area contributed by atoms with Gasteiger partial charge >= 0.3 is 0 Å². The quantitative estimate of drug-likeness (QED) is 0.619. The van der Waals surface area contributed by atoms with Crippen LogP contribution in [0.2, 0.25) is 0 Å². The van der Waals surface area contributed by atoms with Crippen molar-refractivity contribution in [2.45, 2.75) is 44.3 Å². The summed E-state index contributed by atoms with van der Waals surface area (Å²) in [4.78, 5) is 0. The van der Waals surface area contributed by atoms with Crippen molar-refractivity contribution >= 4 is 0 Å². The van der Waals surface area contributed by atoms with Gasteiger partial charge in [0.05, 0.1) is 11.2 Å². The Morgan fingerprint density at radius 1 is 1.55 bits per heavy atom. The number of hydrogen-bond acceptors (Lipinski definition) is 2. The van der Waals surface area contributed by atoms with Gasteiger partial charge in [-0.05, 0) is 39.0 Å². The van der Waals surface area contributed by atoms with Crippen LogP contribution in [0.15, 0.2) is 0 Å². The summed E-state index contributed by atoms with van der Waals surface area (Å²) >= 11 is 0. The molecule has 11 heavy (non-hydrogen) atoms. The molecule has 0 radical (unpaired) electrons. The van der Waals surface area contributed by atoms with E-state index in [0.717, 1.165) is 5.92 Å². The molecule has 0 spiro atoms. The maximum Gasteiger partial charge on any atom is 0.0812 e. The van der Waals surface area contributed by atoms with Gasteiger partial charge in [0.1, 0.15) is 0 Å². The lowest BCUT2D eigenvalue weighted by Gasteiger charge is -2.35. The zero-order valence-electron chi connectivity index (χ0n) is 7.39. The maximum atomic E-state index is 5.96. The van der Waals surface area contributed by atoms with E-state index in [0.29, 0.717) is 6.54 Å². The third-order valence-corrected chi connectivity index (χ3v) is 3.45. The Kier molecular flexibility index (Phi) is 1.37. The molecule has 1 saturated carbocycles. The van der Waals surface area contributed by atoms with Crippen LogP contribution in [0.3, 0.4) is 0 Å². The van der Waals surface area contributed by atoms with Gasteiger partial charge in [-0.2, -0.15) is 0 Å². The second-order valence-electron chi connectivity index (χ2n) is 4.51. The average molecular weight is 155 g/mol. The number of fused-ring (bicyclic) bond motifs is 2. The number of nitrogens with two attached hydrogens (primary N) is 1. The van der Waals surface area contributed by atoms with Crippen LogP contribution in [0, 0.1) is 5.92 Å². The molecule has 1 heterocycles. The summed E-state index contributed by atoms with van der Waals surface area (Å²) in [6, 6.07) is 0. The minimum Gasteiger partial charge on any atom is -0.368 e. The van der Waals surface area contributed by atoms with Gasteiger partial charge < -0.3 is 10.5 Å². The lowest BCUT2D eigenvalue weighted by atomic mass is 9.89. The van der Waals surface area contributed by atoms with E-state index in [9.17, 15) is 0 Å². The zero-order chi connectivity index (χ0) is 8.11. The van der Waals surface area contributed by atoms with Gasteiger partial charge in [0.2, 0.25) is 0 Å². The average Bonchev–Trinajstić information content (AvgIpc) is 2.41. The minimum absolute atomic E-state index is 0.00694. The molecule has 2 nitrogen and oxygen atoms in total. The molecule has 0 amide bonds. The normalized spacial score (nSPS) is 55.4. The van der Waals surface area contributed by atoms with Crippen LogP contribution in [0.25, 0.3) is 0 Å². The van der Waals surface area contributed by atoms with Gasteiger partial charge in [0, 0.05) is 6.54 Å². The van der Waals surface area contributed by atoms with Gasteiger partial charge in [-0.15, -0.1) is 0 Å². The van der Waals surface area contributed by atoms with Crippen molar-refractivity contribution in [2.24, 2.45) is 11.7 Å². The van der Waals surface area contributed by atoms with Crippen LogP contribution in [-0.2, 0) is 4.74 Å². The van der Waals surface area contributed by atoms with Crippen molar-refractivity contribution in [1.82, 2.24) is 0 Å². The highest BCUT2D eigenvalue weighted by atomic mass is 16.5. The second-order valence-corrected chi connectivity index (χ2v) is 4.51. The fraction of sp³-hybridized carbons (Fsp3) is 1.00. The van der Waals surface area contributed by atoms with Crippen LogP contribution in [0.1, 0.15) is 33.1 Å². The molecule has 0 aromatic heterocycles. The Morgan fingerprint density at radius 3 is 2.55 bits per heavy atom. The summed E-state index contributed by atoms with van der Waals surface area (Å²) < 4.78 is 5.96. The smallest absolute Gasteiger partial charge is 0.0812 e. The number of ether oxygens (including phenoxy) is 1. The van der Waals surface area contributed by atoms with Crippen LogP contribution in [0.4, 0.5) is 0 Å². The molecule has 2 heteroatoms. The minimum atomic E-state index is -0.00694. The molecule has 3 unspecified atom stereocenters. The van der Waals surface area contributed by atoms with E-state index in [2.05, 4.69) is 13.8 Å². The molecule has 2 fully saturated rings. The highest BCUT2D eigenvalue weighted by Gasteiger charge is 2.54. The topological polar surface area (TPSA) is 35.2 Å². The summed E-state index contributed by atoms with van der Waals surface area (Å²) in [7, 11) is 0. The summed E-state index contributed by atoms with van der Waals surface area (Å²) in [5.41, 5.74) is 5.85. The molecule has 0 aromatic carbocycles. The van der Waals surface area contributed by atoms with Gasteiger partial charge in [0.15, 0.2) is 0 Å². The predicted octanol–water partition coefficient (Wildman–Crippen LogP) is 1.29. The fourth-order valence-electron chi connectivity index (χ4n) is 2.67. The molecule has 3 atom stereocenters. The maximum absolute atomic E-state index is 5.96. The fourth-order valence-corrected chi connectivity index (χ4v) is 2.67. The Balaban J connectivity index is 2.21. The summed E-state index contributed by atoms with van der Waals surface area (Å²) in [5.74, 6) is 0.720. The van der Waals surface area contributed by atoms with Crippen molar-refractivity contribution < 1.29 is 4.74 Å². The Bertz CT molecular complexity index is 182. The number of hydrogen-bond donors (Lipinski definition) is 1. The van der Waals surface area contributed by atoms with Crippen molar-refractivity contribution in [2.75, 3.05) is 6.54 Å². The van der Waals surface area contributed by atoms with Gasteiger partial charge in [-0.25, -0.2) is 0 Å². The van der Waals surface area contributed by atoms with E-state index in [4.69, 9.17) is 10.5 Å². The molecule has 2 aliphatic rings. The summed E-state index contributed by atoms with van der Waals surface area (Å²) in [5, 5.41) is 0. The molecule has 1 aliphatic carbocycles. The molecular weight excluding hydrogens is 138 g/mol. The standard InChI is InChI=1S/C9H17NO/c1-8-4-3-7(5-8)9(2,6-10)11-8/h7H,3-6,10H2,1-2H3. The third-order valence-electron chi connectivity index (χ3n) is 3.45. The first-order chi connectivity index (χ1) is 5.08. The third kappa shape index (κ3) is 0.926. The van der Waals surface area contributed by atoms with Crippen LogP contribution in [0.5, 0.6) is 0 Å². The lowest BCUT2D eigenvalue weighted by Crippen LogP contribution is -2.44. The predicted molar refractivity (Wildman–Crippen MR) is 44.3 cm³/mol. The summed E-state index contributed by atoms with van der Waals surface area (Å²) in [6.07, 6.45) is 3.76. The number of rotatable bonds is 1. The van der Waals surface area contributed by atoms with E-state index in [1.165, 1.54) is 19.3 Å². The highest BCUT2D eigenvalue weighted by Crippen LogP contribution is 2.52. The first kappa shape index (κ1) is 7.56. The molecular formula is C9H17NO. The largest absolute Gasteiger partial charge is 0.368 e. The monoisotopic (exact) mass is 155 g/mol. The molecule has 64 valence electrons. The second kappa shape index (κ2) is 1.99. The van der Waals surface area contributed by atoms with E-state index in [1.54, 1.807) is 0 Å². The van der Waals surface area contributed by atoms with E-state index >= 15 is 0 Å². The van der Waals surface area contributed by atoms with Crippen molar-refractivity contribution in [3.63, 3.8) is 0 Å². The molecule has 2 N–H and O–H groups in total. The van der Waals surface area contributed by atoms with Gasteiger partial charge in [-0.3, -0.25) is 0 Å². The van der Waals surface area contributed by atoms with Crippen molar-refractivity contribution in [1.29, 1.82) is 0 Å². The van der Waals surface area contributed by atoms with Gasteiger partial charge in [0.25, 0.3) is 0 Å². The molecule has 2 rings (SSSR count). The first-order valence-corrected chi connectivity index (χ1v) is 4.48. The Morgan fingerprint density at radius 2 is 2.27 bits per heavy atom. The van der Waals surface area contributed by atoms with Crippen LogP contribution in [-0.4, -0.2) is 17.7 Å². The molecule has 1 aliphatic heterocycles. The van der Waals surface area contributed by atoms with Gasteiger partial charge in [-0.1, -0.05) is 0 Å². The van der Waals surface area contributed by atoms with E-state index in [1.807, 2.05) is 0 Å². The van der Waals surface area contributed by atoms with Crippen molar-refractivity contribution in [3.05, 3.63) is 0 Å². The SMILES string of the molecule is CC12CCC(C1)C(C)(CN)O2. The molecule has 2 bridgehead atoms. The Labute approximate surface area is 68.1 Å².